The lowest BCUT2D eigenvalue weighted by molar-refractivity contribution is -0.136. The largest absolute Gasteiger partial charge is 0.341 e. The van der Waals surface area contributed by atoms with Crippen molar-refractivity contribution in [2.75, 3.05) is 19.6 Å². The van der Waals surface area contributed by atoms with Crippen molar-refractivity contribution in [3.63, 3.8) is 0 Å². The van der Waals surface area contributed by atoms with E-state index in [9.17, 15) is 9.59 Å². The molecule has 23 heavy (non-hydrogen) atoms. The fourth-order valence-corrected chi connectivity index (χ4v) is 3.65. The predicted molar refractivity (Wildman–Crippen MR) is 90.2 cm³/mol. The molecule has 4 nitrogen and oxygen atoms in total. The van der Waals surface area contributed by atoms with Crippen LogP contribution in [0.4, 0.5) is 0 Å². The summed E-state index contributed by atoms with van der Waals surface area (Å²) >= 11 is 0. The fourth-order valence-electron chi connectivity index (χ4n) is 3.65. The van der Waals surface area contributed by atoms with Crippen molar-refractivity contribution >= 4 is 11.8 Å². The van der Waals surface area contributed by atoms with Gasteiger partial charge in [-0.3, -0.25) is 9.59 Å². The third-order valence-electron chi connectivity index (χ3n) is 5.16. The Morgan fingerprint density at radius 2 is 1.83 bits per heavy atom. The molecule has 0 unspecified atom stereocenters. The third-order valence-corrected chi connectivity index (χ3v) is 5.16. The monoisotopic (exact) mass is 314 g/mol. The maximum absolute atomic E-state index is 12.9. The van der Waals surface area contributed by atoms with Crippen LogP contribution in [-0.2, 0) is 4.79 Å². The summed E-state index contributed by atoms with van der Waals surface area (Å²) in [6.45, 7) is 6.59. The summed E-state index contributed by atoms with van der Waals surface area (Å²) < 4.78 is 0. The maximum Gasteiger partial charge on any atom is 0.254 e. The van der Waals surface area contributed by atoms with Gasteiger partial charge in [0.15, 0.2) is 0 Å². The molecule has 2 aliphatic rings. The van der Waals surface area contributed by atoms with Crippen LogP contribution >= 0.6 is 0 Å². The summed E-state index contributed by atoms with van der Waals surface area (Å²) in [6.07, 6.45) is 3.86. The summed E-state index contributed by atoms with van der Waals surface area (Å²) in [6, 6.07) is 7.37. The summed E-state index contributed by atoms with van der Waals surface area (Å²) in [4.78, 5) is 29.4. The van der Waals surface area contributed by atoms with Crippen molar-refractivity contribution in [1.82, 2.24) is 9.80 Å². The SMILES string of the molecule is Cc1cccc(C(=O)N2CCC[C@H]2C(=O)N2CCC(C)CC2)c1. The minimum absolute atomic E-state index is 0.00470. The highest BCUT2D eigenvalue weighted by Crippen LogP contribution is 2.24. The molecule has 4 heteroatoms. The van der Waals surface area contributed by atoms with Gasteiger partial charge in [-0.25, -0.2) is 0 Å². The van der Waals surface area contributed by atoms with E-state index in [0.717, 1.165) is 44.3 Å². The lowest BCUT2D eigenvalue weighted by Gasteiger charge is -2.34. The number of carbonyl (C=O) groups excluding carboxylic acids is 2. The number of aryl methyl sites for hydroxylation is 1. The zero-order valence-corrected chi connectivity index (χ0v) is 14.1. The highest BCUT2D eigenvalue weighted by Gasteiger charge is 2.37. The van der Waals surface area contributed by atoms with E-state index in [1.807, 2.05) is 36.1 Å². The molecule has 2 fully saturated rings. The minimum atomic E-state index is -0.267. The molecule has 2 aliphatic heterocycles. The van der Waals surface area contributed by atoms with Crippen LogP contribution in [0.2, 0.25) is 0 Å². The first-order valence-electron chi connectivity index (χ1n) is 8.72. The summed E-state index contributed by atoms with van der Waals surface area (Å²) in [5, 5.41) is 0. The summed E-state index contributed by atoms with van der Waals surface area (Å²) in [7, 11) is 0. The molecular formula is C19H26N2O2. The van der Waals surface area contributed by atoms with E-state index in [1.54, 1.807) is 4.90 Å². The normalized spacial score (nSPS) is 22.4. The van der Waals surface area contributed by atoms with Crippen molar-refractivity contribution in [2.45, 2.75) is 45.6 Å². The molecule has 0 aliphatic carbocycles. The lowest BCUT2D eigenvalue weighted by Crippen LogP contribution is -2.49. The van der Waals surface area contributed by atoms with Gasteiger partial charge in [-0.15, -0.1) is 0 Å². The van der Waals surface area contributed by atoms with Gasteiger partial charge in [0.05, 0.1) is 0 Å². The standard InChI is InChI=1S/C19H26N2O2/c1-14-8-11-20(12-9-14)19(23)17-7-4-10-21(17)18(22)16-6-3-5-15(2)13-16/h3,5-6,13-14,17H,4,7-12H2,1-2H3/t17-/m0/s1. The van der Waals surface area contributed by atoms with E-state index in [-0.39, 0.29) is 17.9 Å². The second-order valence-corrected chi connectivity index (χ2v) is 7.03. The van der Waals surface area contributed by atoms with Crippen LogP contribution in [0.25, 0.3) is 0 Å². The highest BCUT2D eigenvalue weighted by molar-refractivity contribution is 5.98. The number of carbonyl (C=O) groups is 2. The number of amides is 2. The van der Waals surface area contributed by atoms with E-state index in [1.165, 1.54) is 0 Å². The lowest BCUT2D eigenvalue weighted by atomic mass is 9.98. The average Bonchev–Trinajstić information content (AvgIpc) is 3.03. The molecule has 0 aromatic heterocycles. The van der Waals surface area contributed by atoms with E-state index in [4.69, 9.17) is 0 Å². The molecule has 3 rings (SSSR count). The smallest absolute Gasteiger partial charge is 0.254 e. The second kappa shape index (κ2) is 6.73. The van der Waals surface area contributed by atoms with Crippen LogP contribution in [-0.4, -0.2) is 47.3 Å². The van der Waals surface area contributed by atoms with Crippen LogP contribution in [0, 0.1) is 12.8 Å². The van der Waals surface area contributed by atoms with Gasteiger partial charge in [-0.05, 0) is 50.7 Å². The fraction of sp³-hybridized carbons (Fsp3) is 0.579. The van der Waals surface area contributed by atoms with Crippen molar-refractivity contribution in [2.24, 2.45) is 5.92 Å². The van der Waals surface area contributed by atoms with Gasteiger partial charge >= 0.3 is 0 Å². The van der Waals surface area contributed by atoms with E-state index >= 15 is 0 Å². The summed E-state index contributed by atoms with van der Waals surface area (Å²) in [5.74, 6) is 0.845. The molecule has 2 saturated heterocycles. The Morgan fingerprint density at radius 3 is 2.52 bits per heavy atom. The molecule has 124 valence electrons. The van der Waals surface area contributed by atoms with Gasteiger partial charge in [-0.1, -0.05) is 24.6 Å². The molecule has 0 bridgehead atoms. The van der Waals surface area contributed by atoms with Gasteiger partial charge in [0.25, 0.3) is 5.91 Å². The highest BCUT2D eigenvalue weighted by atomic mass is 16.2. The Labute approximate surface area is 138 Å². The zero-order chi connectivity index (χ0) is 16.4. The van der Waals surface area contributed by atoms with Crippen LogP contribution < -0.4 is 0 Å². The zero-order valence-electron chi connectivity index (χ0n) is 14.1. The number of likely N-dealkylation sites (tertiary alicyclic amines) is 2. The second-order valence-electron chi connectivity index (χ2n) is 7.03. The van der Waals surface area contributed by atoms with Crippen LogP contribution in [0.5, 0.6) is 0 Å². The van der Waals surface area contributed by atoms with E-state index in [0.29, 0.717) is 18.0 Å². The molecule has 2 amide bonds. The Kier molecular flexibility index (Phi) is 4.69. The number of hydrogen-bond acceptors (Lipinski definition) is 2. The first kappa shape index (κ1) is 16.0. The number of hydrogen-bond donors (Lipinski definition) is 0. The molecular weight excluding hydrogens is 288 g/mol. The number of rotatable bonds is 2. The first-order valence-corrected chi connectivity index (χ1v) is 8.72. The maximum atomic E-state index is 12.9. The van der Waals surface area contributed by atoms with E-state index in [2.05, 4.69) is 6.92 Å². The average molecular weight is 314 g/mol. The molecule has 0 N–H and O–H groups in total. The number of nitrogens with zero attached hydrogens (tertiary/aromatic N) is 2. The molecule has 2 heterocycles. The van der Waals surface area contributed by atoms with Gasteiger partial charge in [0, 0.05) is 25.2 Å². The topological polar surface area (TPSA) is 40.6 Å². The van der Waals surface area contributed by atoms with Crippen LogP contribution in [0.15, 0.2) is 24.3 Å². The van der Waals surface area contributed by atoms with Crippen LogP contribution in [0.1, 0.15) is 48.5 Å². The van der Waals surface area contributed by atoms with Crippen molar-refractivity contribution in [3.05, 3.63) is 35.4 Å². The third kappa shape index (κ3) is 3.41. The Hall–Kier alpha value is -1.84. The molecule has 1 atom stereocenters. The van der Waals surface area contributed by atoms with Gasteiger partial charge < -0.3 is 9.80 Å². The van der Waals surface area contributed by atoms with Crippen LogP contribution in [0.3, 0.4) is 0 Å². The minimum Gasteiger partial charge on any atom is -0.341 e. The van der Waals surface area contributed by atoms with Gasteiger partial charge in [-0.2, -0.15) is 0 Å². The summed E-state index contributed by atoms with van der Waals surface area (Å²) in [5.41, 5.74) is 1.76. The first-order chi connectivity index (χ1) is 11.1. The Balaban J connectivity index is 1.72. The number of piperidine rings is 1. The van der Waals surface area contributed by atoms with E-state index < -0.39 is 0 Å². The molecule has 0 radical (unpaired) electrons. The molecule has 1 aromatic rings. The Morgan fingerprint density at radius 1 is 1.09 bits per heavy atom. The van der Waals surface area contributed by atoms with Gasteiger partial charge in [0.1, 0.15) is 6.04 Å². The van der Waals surface area contributed by atoms with Gasteiger partial charge in [0.2, 0.25) is 5.91 Å². The van der Waals surface area contributed by atoms with Crippen molar-refractivity contribution in [1.29, 1.82) is 0 Å². The van der Waals surface area contributed by atoms with Crippen molar-refractivity contribution in [3.8, 4) is 0 Å². The Bertz CT molecular complexity index is 591. The van der Waals surface area contributed by atoms with Crippen molar-refractivity contribution < 1.29 is 9.59 Å². The molecule has 0 spiro atoms. The predicted octanol–water partition coefficient (Wildman–Crippen LogP) is 2.86. The molecule has 1 aromatic carbocycles. The number of benzene rings is 1. The quantitative estimate of drug-likeness (QED) is 0.842. The molecule has 0 saturated carbocycles.